The molecule has 17 heavy (non-hydrogen) atoms. The van der Waals surface area contributed by atoms with Crippen LogP contribution in [0.4, 0.5) is 5.88 Å². The third kappa shape index (κ3) is 1.98. The third-order valence-corrected chi connectivity index (χ3v) is 2.73. The van der Waals surface area contributed by atoms with E-state index in [1.165, 1.54) is 6.20 Å². The lowest BCUT2D eigenvalue weighted by molar-refractivity contribution is 0.436. The lowest BCUT2D eigenvalue weighted by Crippen LogP contribution is -2.11. The largest absolute Gasteiger partial charge is 0.507 e. The van der Waals surface area contributed by atoms with Crippen molar-refractivity contribution in [3.63, 3.8) is 0 Å². The van der Waals surface area contributed by atoms with E-state index in [1.54, 1.807) is 6.07 Å². The van der Waals surface area contributed by atoms with Crippen LogP contribution in [0.15, 0.2) is 28.9 Å². The summed E-state index contributed by atoms with van der Waals surface area (Å²) in [5.41, 5.74) is 7.67. The maximum absolute atomic E-state index is 10.3. The Bertz CT molecular complexity index is 539. The molecule has 0 atom stereocenters. The number of hydrogen-bond acceptors (Lipinski definition) is 4. The second-order valence-electron chi connectivity index (χ2n) is 5.06. The van der Waals surface area contributed by atoms with Crippen molar-refractivity contribution in [1.82, 2.24) is 5.16 Å². The van der Waals surface area contributed by atoms with Gasteiger partial charge in [-0.3, -0.25) is 0 Å². The number of nitrogens with two attached hydrogens (primary N) is 1. The molecular formula is C13H16N2O2. The van der Waals surface area contributed by atoms with Crippen molar-refractivity contribution in [3.05, 3.63) is 30.0 Å². The molecule has 3 N–H and O–H groups in total. The second-order valence-corrected chi connectivity index (χ2v) is 5.06. The van der Waals surface area contributed by atoms with Gasteiger partial charge in [-0.2, -0.15) is 0 Å². The fraction of sp³-hybridized carbons (Fsp3) is 0.308. The highest BCUT2D eigenvalue weighted by Crippen LogP contribution is 2.39. The van der Waals surface area contributed by atoms with Crippen LogP contribution in [-0.2, 0) is 5.41 Å². The highest BCUT2D eigenvalue weighted by Gasteiger charge is 2.21. The Kier molecular flexibility index (Phi) is 2.58. The van der Waals surface area contributed by atoms with E-state index < -0.39 is 0 Å². The number of phenols is 1. The molecule has 0 aliphatic carbocycles. The molecular weight excluding hydrogens is 216 g/mol. The zero-order chi connectivity index (χ0) is 12.6. The summed E-state index contributed by atoms with van der Waals surface area (Å²) in [6, 6.07) is 5.60. The summed E-state index contributed by atoms with van der Waals surface area (Å²) in [5, 5.41) is 13.9. The van der Waals surface area contributed by atoms with Crippen molar-refractivity contribution in [1.29, 1.82) is 0 Å². The molecule has 0 spiro atoms. The number of para-hydroxylation sites is 1. The van der Waals surface area contributed by atoms with Crippen molar-refractivity contribution >= 4 is 5.88 Å². The Morgan fingerprint density at radius 1 is 1.24 bits per heavy atom. The molecule has 0 fully saturated rings. The molecule has 2 aromatic rings. The van der Waals surface area contributed by atoms with Gasteiger partial charge in [-0.15, -0.1) is 0 Å². The normalized spacial score (nSPS) is 11.7. The standard InChI is InChI=1S/C13H16N2O2/c1-13(2,3)10-6-4-5-8(11(10)16)9-7-15-17-12(9)14/h4-7,16H,14H2,1-3H3. The highest BCUT2D eigenvalue weighted by atomic mass is 16.5. The smallest absolute Gasteiger partial charge is 0.230 e. The molecule has 0 amide bonds. The molecule has 1 aromatic carbocycles. The maximum Gasteiger partial charge on any atom is 0.230 e. The number of aromatic hydroxyl groups is 1. The SMILES string of the molecule is CC(C)(C)c1cccc(-c2cnoc2N)c1O. The first-order valence-corrected chi connectivity index (χ1v) is 5.44. The van der Waals surface area contributed by atoms with Gasteiger partial charge in [0.2, 0.25) is 5.88 Å². The number of rotatable bonds is 1. The Balaban J connectivity index is 2.62. The molecule has 0 aliphatic rings. The zero-order valence-corrected chi connectivity index (χ0v) is 10.2. The van der Waals surface area contributed by atoms with Gasteiger partial charge >= 0.3 is 0 Å². The summed E-state index contributed by atoms with van der Waals surface area (Å²) in [4.78, 5) is 0. The fourth-order valence-electron chi connectivity index (χ4n) is 1.82. The first-order valence-electron chi connectivity index (χ1n) is 5.44. The molecule has 0 radical (unpaired) electrons. The van der Waals surface area contributed by atoms with E-state index in [0.717, 1.165) is 5.56 Å². The molecule has 2 rings (SSSR count). The van der Waals surface area contributed by atoms with Crippen LogP contribution in [0.1, 0.15) is 26.3 Å². The van der Waals surface area contributed by atoms with E-state index >= 15 is 0 Å². The first-order chi connectivity index (χ1) is 7.91. The summed E-state index contributed by atoms with van der Waals surface area (Å²) in [6.07, 6.45) is 1.51. The van der Waals surface area contributed by atoms with E-state index in [2.05, 4.69) is 5.16 Å². The molecule has 4 nitrogen and oxygen atoms in total. The lowest BCUT2D eigenvalue weighted by Gasteiger charge is -2.21. The monoisotopic (exact) mass is 232 g/mol. The lowest BCUT2D eigenvalue weighted by atomic mass is 9.84. The van der Waals surface area contributed by atoms with Gasteiger partial charge in [0.25, 0.3) is 0 Å². The number of phenolic OH excluding ortho intramolecular Hbond substituents is 1. The molecule has 0 saturated heterocycles. The van der Waals surface area contributed by atoms with Gasteiger partial charge in [0.05, 0.1) is 11.8 Å². The van der Waals surface area contributed by atoms with Crippen LogP contribution < -0.4 is 5.73 Å². The average molecular weight is 232 g/mol. The summed E-state index contributed by atoms with van der Waals surface area (Å²) >= 11 is 0. The average Bonchev–Trinajstić information content (AvgIpc) is 2.63. The molecule has 4 heteroatoms. The number of nitrogens with zero attached hydrogens (tertiary/aromatic N) is 1. The van der Waals surface area contributed by atoms with Crippen molar-refractivity contribution in [2.24, 2.45) is 0 Å². The predicted molar refractivity (Wildman–Crippen MR) is 66.7 cm³/mol. The van der Waals surface area contributed by atoms with E-state index in [0.29, 0.717) is 11.1 Å². The summed E-state index contributed by atoms with van der Waals surface area (Å²) in [5.74, 6) is 0.446. The minimum atomic E-state index is -0.133. The quantitative estimate of drug-likeness (QED) is 0.792. The van der Waals surface area contributed by atoms with Gasteiger partial charge in [-0.25, -0.2) is 0 Å². The van der Waals surface area contributed by atoms with Crippen LogP contribution in [-0.4, -0.2) is 10.3 Å². The van der Waals surface area contributed by atoms with E-state index in [4.69, 9.17) is 10.3 Å². The second kappa shape index (κ2) is 3.80. The van der Waals surface area contributed by atoms with E-state index in [1.807, 2.05) is 32.9 Å². The van der Waals surface area contributed by atoms with Crippen molar-refractivity contribution in [2.45, 2.75) is 26.2 Å². The summed E-state index contributed by atoms with van der Waals surface area (Å²) in [6.45, 7) is 6.13. The first kappa shape index (κ1) is 11.5. The van der Waals surface area contributed by atoms with Crippen LogP contribution in [0, 0.1) is 0 Å². The Hall–Kier alpha value is -1.97. The third-order valence-electron chi connectivity index (χ3n) is 2.73. The van der Waals surface area contributed by atoms with Crippen LogP contribution in [0.25, 0.3) is 11.1 Å². The zero-order valence-electron chi connectivity index (χ0n) is 10.2. The Morgan fingerprint density at radius 3 is 2.47 bits per heavy atom. The van der Waals surface area contributed by atoms with Crippen molar-refractivity contribution in [2.75, 3.05) is 5.73 Å². The van der Waals surface area contributed by atoms with Gasteiger partial charge in [0.1, 0.15) is 5.75 Å². The molecule has 90 valence electrons. The van der Waals surface area contributed by atoms with Gasteiger partial charge in [0, 0.05) is 5.56 Å². The van der Waals surface area contributed by atoms with E-state index in [-0.39, 0.29) is 17.0 Å². The molecule has 0 bridgehead atoms. The summed E-state index contributed by atoms with van der Waals surface area (Å²) < 4.78 is 4.82. The van der Waals surface area contributed by atoms with Crippen LogP contribution in [0.5, 0.6) is 5.75 Å². The van der Waals surface area contributed by atoms with Gasteiger partial charge in [0.15, 0.2) is 0 Å². The van der Waals surface area contributed by atoms with Crippen molar-refractivity contribution in [3.8, 4) is 16.9 Å². The van der Waals surface area contributed by atoms with Crippen LogP contribution in [0.3, 0.4) is 0 Å². The maximum atomic E-state index is 10.3. The predicted octanol–water partition coefficient (Wildman–Crippen LogP) is 2.93. The van der Waals surface area contributed by atoms with Gasteiger partial charge in [-0.05, 0) is 11.0 Å². The number of anilines is 1. The topological polar surface area (TPSA) is 72.3 Å². The van der Waals surface area contributed by atoms with Gasteiger partial charge in [-0.1, -0.05) is 44.1 Å². The molecule has 0 unspecified atom stereocenters. The van der Waals surface area contributed by atoms with Crippen molar-refractivity contribution < 1.29 is 9.63 Å². The Morgan fingerprint density at radius 2 is 1.94 bits per heavy atom. The Labute approximate surface area is 100 Å². The number of hydrogen-bond donors (Lipinski definition) is 2. The fourth-order valence-corrected chi connectivity index (χ4v) is 1.82. The highest BCUT2D eigenvalue weighted by molar-refractivity contribution is 5.78. The minimum absolute atomic E-state index is 0.133. The minimum Gasteiger partial charge on any atom is -0.507 e. The van der Waals surface area contributed by atoms with E-state index in [9.17, 15) is 5.11 Å². The number of nitrogen functional groups attached to an aromatic ring is 1. The number of benzene rings is 1. The van der Waals surface area contributed by atoms with Crippen LogP contribution in [0.2, 0.25) is 0 Å². The molecule has 0 aliphatic heterocycles. The van der Waals surface area contributed by atoms with Gasteiger partial charge < -0.3 is 15.4 Å². The molecule has 1 aromatic heterocycles. The molecule has 1 heterocycles. The van der Waals surface area contributed by atoms with Crippen LogP contribution >= 0.6 is 0 Å². The number of aromatic nitrogens is 1. The molecule has 0 saturated carbocycles. The summed E-state index contributed by atoms with van der Waals surface area (Å²) in [7, 11) is 0.